The van der Waals surface area contributed by atoms with E-state index in [2.05, 4.69) is 5.32 Å². The molecule has 1 amide bonds. The summed E-state index contributed by atoms with van der Waals surface area (Å²) >= 11 is 0. The molecule has 92 valence electrons. The van der Waals surface area contributed by atoms with Crippen LogP contribution in [0.3, 0.4) is 0 Å². The van der Waals surface area contributed by atoms with E-state index in [0.717, 1.165) is 38.9 Å². The lowest BCUT2D eigenvalue weighted by Gasteiger charge is -2.43. The molecule has 2 fully saturated rings. The molecule has 16 heavy (non-hydrogen) atoms. The van der Waals surface area contributed by atoms with Crippen molar-refractivity contribution >= 4 is 6.09 Å². The quantitative estimate of drug-likeness (QED) is 0.731. The third-order valence-corrected chi connectivity index (χ3v) is 3.50. The van der Waals surface area contributed by atoms with E-state index < -0.39 is 0 Å². The van der Waals surface area contributed by atoms with E-state index in [1.807, 2.05) is 0 Å². The topological polar surface area (TPSA) is 61.8 Å². The SMILES string of the molecule is O=C1OC2(CCNCC2)CCN1CCCO. The van der Waals surface area contributed by atoms with Crippen molar-refractivity contribution in [2.24, 2.45) is 0 Å². The van der Waals surface area contributed by atoms with Gasteiger partial charge in [0.15, 0.2) is 0 Å². The molecule has 2 N–H and O–H groups in total. The second-order valence-electron chi connectivity index (χ2n) is 4.62. The van der Waals surface area contributed by atoms with Crippen LogP contribution in [0, 0.1) is 0 Å². The maximum Gasteiger partial charge on any atom is 0.410 e. The fourth-order valence-corrected chi connectivity index (χ4v) is 2.43. The van der Waals surface area contributed by atoms with Crippen molar-refractivity contribution in [1.82, 2.24) is 10.2 Å². The Morgan fingerprint density at radius 3 is 2.75 bits per heavy atom. The molecular formula is C11H20N2O3. The van der Waals surface area contributed by atoms with E-state index in [1.165, 1.54) is 0 Å². The standard InChI is InChI=1S/C11H20N2O3/c14-9-1-7-13-8-4-11(16-10(13)15)2-5-12-6-3-11/h12,14H,1-9H2. The molecule has 0 saturated carbocycles. The van der Waals surface area contributed by atoms with Gasteiger partial charge in [-0.2, -0.15) is 0 Å². The molecule has 2 aliphatic heterocycles. The maximum absolute atomic E-state index is 11.8. The number of hydrogen-bond donors (Lipinski definition) is 2. The van der Waals surface area contributed by atoms with Crippen molar-refractivity contribution in [3.63, 3.8) is 0 Å². The van der Waals surface area contributed by atoms with Gasteiger partial charge in [-0.05, 0) is 32.4 Å². The first-order valence-electron chi connectivity index (χ1n) is 6.05. The van der Waals surface area contributed by atoms with Crippen LogP contribution in [0.4, 0.5) is 4.79 Å². The normalized spacial score (nSPS) is 24.6. The number of amides is 1. The van der Waals surface area contributed by atoms with Gasteiger partial charge in [-0.3, -0.25) is 0 Å². The van der Waals surface area contributed by atoms with Crippen molar-refractivity contribution in [2.75, 3.05) is 32.8 Å². The average Bonchev–Trinajstić information content (AvgIpc) is 2.29. The Kier molecular flexibility index (Phi) is 3.66. The van der Waals surface area contributed by atoms with Gasteiger partial charge < -0.3 is 20.1 Å². The molecule has 2 heterocycles. The van der Waals surface area contributed by atoms with Gasteiger partial charge in [-0.25, -0.2) is 4.79 Å². The minimum Gasteiger partial charge on any atom is -0.443 e. The Morgan fingerprint density at radius 1 is 1.38 bits per heavy atom. The zero-order valence-corrected chi connectivity index (χ0v) is 9.57. The van der Waals surface area contributed by atoms with Gasteiger partial charge in [0.2, 0.25) is 0 Å². The smallest absolute Gasteiger partial charge is 0.410 e. The number of aliphatic hydroxyl groups is 1. The van der Waals surface area contributed by atoms with Crippen molar-refractivity contribution < 1.29 is 14.6 Å². The first-order chi connectivity index (χ1) is 7.76. The number of nitrogens with zero attached hydrogens (tertiary/aromatic N) is 1. The monoisotopic (exact) mass is 228 g/mol. The number of nitrogens with one attached hydrogen (secondary N) is 1. The van der Waals surface area contributed by atoms with Crippen LogP contribution in [0.2, 0.25) is 0 Å². The van der Waals surface area contributed by atoms with Crippen LogP contribution in [0.1, 0.15) is 25.7 Å². The van der Waals surface area contributed by atoms with E-state index >= 15 is 0 Å². The largest absolute Gasteiger partial charge is 0.443 e. The Bertz CT molecular complexity index is 252. The van der Waals surface area contributed by atoms with Crippen LogP contribution < -0.4 is 5.32 Å². The molecule has 0 radical (unpaired) electrons. The van der Waals surface area contributed by atoms with Gasteiger partial charge in [-0.1, -0.05) is 0 Å². The third kappa shape index (κ3) is 2.47. The summed E-state index contributed by atoms with van der Waals surface area (Å²) in [5.41, 5.74) is -0.210. The highest BCUT2D eigenvalue weighted by atomic mass is 16.6. The maximum atomic E-state index is 11.8. The number of aliphatic hydroxyl groups excluding tert-OH is 1. The number of carbonyl (C=O) groups excluding carboxylic acids is 1. The van der Waals surface area contributed by atoms with E-state index in [9.17, 15) is 4.79 Å². The summed E-state index contributed by atoms with van der Waals surface area (Å²) in [6.07, 6.45) is 3.19. The van der Waals surface area contributed by atoms with Crippen LogP contribution in [0.25, 0.3) is 0 Å². The Hall–Kier alpha value is -0.810. The summed E-state index contributed by atoms with van der Waals surface area (Å²) in [5.74, 6) is 0. The van der Waals surface area contributed by atoms with Crippen LogP contribution in [0.5, 0.6) is 0 Å². The molecule has 5 heteroatoms. The van der Waals surface area contributed by atoms with Gasteiger partial charge in [0.25, 0.3) is 0 Å². The first-order valence-corrected chi connectivity index (χ1v) is 6.05. The van der Waals surface area contributed by atoms with Gasteiger partial charge in [0, 0.05) is 26.1 Å². The zero-order valence-electron chi connectivity index (χ0n) is 9.57. The molecule has 0 bridgehead atoms. The zero-order chi connectivity index (χ0) is 11.4. The van der Waals surface area contributed by atoms with Gasteiger partial charge in [-0.15, -0.1) is 0 Å². The number of piperidine rings is 1. The lowest BCUT2D eigenvalue weighted by molar-refractivity contribution is -0.0651. The molecule has 0 unspecified atom stereocenters. The highest BCUT2D eigenvalue weighted by Gasteiger charge is 2.41. The highest BCUT2D eigenvalue weighted by Crippen LogP contribution is 2.31. The van der Waals surface area contributed by atoms with Crippen molar-refractivity contribution in [3.05, 3.63) is 0 Å². The van der Waals surface area contributed by atoms with Gasteiger partial charge in [0.1, 0.15) is 5.60 Å². The fraction of sp³-hybridized carbons (Fsp3) is 0.909. The molecule has 0 aromatic rings. The van der Waals surface area contributed by atoms with Crippen LogP contribution >= 0.6 is 0 Å². The lowest BCUT2D eigenvalue weighted by atomic mass is 9.87. The molecule has 0 atom stereocenters. The summed E-state index contributed by atoms with van der Waals surface area (Å²) in [6.45, 7) is 3.36. The van der Waals surface area contributed by atoms with Crippen molar-refractivity contribution in [3.8, 4) is 0 Å². The van der Waals surface area contributed by atoms with Crippen molar-refractivity contribution in [1.29, 1.82) is 0 Å². The predicted octanol–water partition coefficient (Wildman–Crippen LogP) is 0.333. The number of carbonyl (C=O) groups is 1. The first kappa shape index (κ1) is 11.7. The lowest BCUT2D eigenvalue weighted by Crippen LogP contribution is -2.54. The molecule has 2 rings (SSSR count). The van der Waals surface area contributed by atoms with Crippen molar-refractivity contribution in [2.45, 2.75) is 31.3 Å². The van der Waals surface area contributed by atoms with Crippen LogP contribution in [-0.4, -0.2) is 54.5 Å². The highest BCUT2D eigenvalue weighted by molar-refractivity contribution is 5.69. The number of ether oxygens (including phenoxy) is 1. The molecular weight excluding hydrogens is 208 g/mol. The average molecular weight is 228 g/mol. The molecule has 1 spiro atoms. The summed E-state index contributed by atoms with van der Waals surface area (Å²) < 4.78 is 5.59. The summed E-state index contributed by atoms with van der Waals surface area (Å²) in [7, 11) is 0. The Morgan fingerprint density at radius 2 is 2.12 bits per heavy atom. The van der Waals surface area contributed by atoms with Crippen LogP contribution in [-0.2, 0) is 4.74 Å². The molecule has 0 aromatic carbocycles. The Balaban J connectivity index is 1.88. The van der Waals surface area contributed by atoms with E-state index in [1.54, 1.807) is 4.90 Å². The molecule has 0 aliphatic carbocycles. The number of rotatable bonds is 3. The molecule has 5 nitrogen and oxygen atoms in total. The Labute approximate surface area is 95.8 Å². The van der Waals surface area contributed by atoms with Gasteiger partial charge in [0.05, 0.1) is 0 Å². The minimum absolute atomic E-state index is 0.124. The summed E-state index contributed by atoms with van der Waals surface area (Å²) in [6, 6.07) is 0. The third-order valence-electron chi connectivity index (χ3n) is 3.50. The predicted molar refractivity (Wildman–Crippen MR) is 59.2 cm³/mol. The molecule has 2 aliphatic rings. The summed E-state index contributed by atoms with van der Waals surface area (Å²) in [5, 5.41) is 12.0. The second-order valence-corrected chi connectivity index (χ2v) is 4.62. The molecule has 2 saturated heterocycles. The second kappa shape index (κ2) is 5.01. The number of hydrogen-bond acceptors (Lipinski definition) is 4. The van der Waals surface area contributed by atoms with Crippen LogP contribution in [0.15, 0.2) is 0 Å². The molecule has 0 aromatic heterocycles. The minimum atomic E-state index is -0.210. The van der Waals surface area contributed by atoms with Gasteiger partial charge >= 0.3 is 6.09 Å². The van der Waals surface area contributed by atoms with E-state index in [0.29, 0.717) is 13.0 Å². The van der Waals surface area contributed by atoms with E-state index in [-0.39, 0.29) is 18.3 Å². The van der Waals surface area contributed by atoms with E-state index in [4.69, 9.17) is 9.84 Å². The summed E-state index contributed by atoms with van der Waals surface area (Å²) in [4.78, 5) is 13.5. The fourth-order valence-electron chi connectivity index (χ4n) is 2.43.